The van der Waals surface area contributed by atoms with Gasteiger partial charge in [0.05, 0.1) is 0 Å². The summed E-state index contributed by atoms with van der Waals surface area (Å²) in [6.45, 7) is 1.95. The third kappa shape index (κ3) is 4.07. The summed E-state index contributed by atoms with van der Waals surface area (Å²) in [6.07, 6.45) is 1.79. The second-order valence-electron chi connectivity index (χ2n) is 5.09. The first kappa shape index (κ1) is 15.5. The Kier molecular flexibility index (Phi) is 5.62. The largest absolute Gasteiger partial charge is 0.207 e. The lowest BCUT2D eigenvalue weighted by Gasteiger charge is -2.16. The lowest BCUT2D eigenvalue weighted by atomic mass is 9.92. The smallest absolute Gasteiger partial charge is 0.123 e. The summed E-state index contributed by atoms with van der Waals surface area (Å²) in [4.78, 5) is 0. The van der Waals surface area contributed by atoms with Gasteiger partial charge in [-0.1, -0.05) is 40.2 Å². The molecule has 0 aromatic heterocycles. The van der Waals surface area contributed by atoms with E-state index >= 15 is 0 Å². The molecular weight excluding hydrogens is 339 g/mol. The topological polar surface area (TPSA) is 0 Å². The van der Waals surface area contributed by atoms with Gasteiger partial charge in [0, 0.05) is 10.4 Å². The first-order valence-electron chi connectivity index (χ1n) is 6.64. The van der Waals surface area contributed by atoms with Crippen molar-refractivity contribution in [2.75, 3.05) is 5.88 Å². The van der Waals surface area contributed by atoms with E-state index in [1.54, 1.807) is 6.07 Å². The third-order valence-corrected chi connectivity index (χ3v) is 4.71. The molecule has 1 atom stereocenters. The predicted octanol–water partition coefficient (Wildman–Crippen LogP) is 5.54. The van der Waals surface area contributed by atoms with Crippen LogP contribution in [0.5, 0.6) is 0 Å². The molecule has 0 bridgehead atoms. The van der Waals surface area contributed by atoms with Crippen LogP contribution < -0.4 is 0 Å². The van der Waals surface area contributed by atoms with E-state index in [0.717, 1.165) is 22.9 Å². The highest BCUT2D eigenvalue weighted by Gasteiger charge is 2.13. The number of hydrogen-bond donors (Lipinski definition) is 0. The second kappa shape index (κ2) is 7.24. The summed E-state index contributed by atoms with van der Waals surface area (Å²) in [5.41, 5.74) is 3.43. The van der Waals surface area contributed by atoms with E-state index < -0.39 is 0 Å². The van der Waals surface area contributed by atoms with E-state index in [2.05, 4.69) is 22.0 Å². The SMILES string of the molecule is Cc1cc(F)ccc1CC(CCl)Cc1ccccc1Br. The number of aryl methyl sites for hydroxylation is 1. The van der Waals surface area contributed by atoms with Crippen molar-refractivity contribution >= 4 is 27.5 Å². The van der Waals surface area contributed by atoms with E-state index in [-0.39, 0.29) is 5.82 Å². The van der Waals surface area contributed by atoms with Crippen molar-refractivity contribution < 1.29 is 4.39 Å². The molecule has 0 heterocycles. The molecule has 0 spiro atoms. The van der Waals surface area contributed by atoms with Crippen LogP contribution in [-0.2, 0) is 12.8 Å². The van der Waals surface area contributed by atoms with Crippen molar-refractivity contribution in [3.05, 3.63) is 69.4 Å². The molecule has 0 aliphatic carbocycles. The van der Waals surface area contributed by atoms with Crippen molar-refractivity contribution in [1.82, 2.24) is 0 Å². The standard InChI is InChI=1S/C17H17BrClF/c1-12-8-16(20)7-6-14(12)9-13(11-19)10-15-4-2-3-5-17(15)18/h2-8,13H,9-11H2,1H3. The molecule has 1 unspecified atom stereocenters. The third-order valence-electron chi connectivity index (χ3n) is 3.50. The van der Waals surface area contributed by atoms with Crippen molar-refractivity contribution in [3.8, 4) is 0 Å². The van der Waals surface area contributed by atoms with Crippen LogP contribution in [0.1, 0.15) is 16.7 Å². The Morgan fingerprint density at radius 2 is 1.80 bits per heavy atom. The lowest BCUT2D eigenvalue weighted by molar-refractivity contribution is 0.577. The van der Waals surface area contributed by atoms with Gasteiger partial charge in [-0.2, -0.15) is 0 Å². The summed E-state index contributed by atoms with van der Waals surface area (Å²) in [6, 6.07) is 13.2. The van der Waals surface area contributed by atoms with Crippen molar-refractivity contribution in [2.24, 2.45) is 5.92 Å². The molecule has 0 amide bonds. The summed E-state index contributed by atoms with van der Waals surface area (Å²) in [5.74, 6) is 0.761. The van der Waals surface area contributed by atoms with Gasteiger partial charge < -0.3 is 0 Å². The molecule has 3 heteroatoms. The summed E-state index contributed by atoms with van der Waals surface area (Å²) >= 11 is 9.68. The average molecular weight is 356 g/mol. The van der Waals surface area contributed by atoms with E-state index in [4.69, 9.17) is 11.6 Å². The fourth-order valence-electron chi connectivity index (χ4n) is 2.36. The van der Waals surface area contributed by atoms with Gasteiger partial charge in [-0.25, -0.2) is 4.39 Å². The molecule has 0 saturated heterocycles. The molecule has 0 saturated carbocycles. The maximum Gasteiger partial charge on any atom is 0.123 e. The number of benzene rings is 2. The fourth-order valence-corrected chi connectivity index (χ4v) is 3.02. The van der Waals surface area contributed by atoms with Crippen LogP contribution in [0, 0.1) is 18.7 Å². The molecule has 0 aliphatic rings. The Bertz CT molecular complexity index is 583. The molecule has 0 fully saturated rings. The van der Waals surface area contributed by atoms with Gasteiger partial charge in [0.25, 0.3) is 0 Å². The number of halogens is 3. The molecule has 106 valence electrons. The van der Waals surface area contributed by atoms with Gasteiger partial charge in [-0.05, 0) is 60.6 Å². The highest BCUT2D eigenvalue weighted by molar-refractivity contribution is 9.10. The molecule has 2 aromatic rings. The van der Waals surface area contributed by atoms with Gasteiger partial charge >= 0.3 is 0 Å². The van der Waals surface area contributed by atoms with Gasteiger partial charge in [-0.15, -0.1) is 11.6 Å². The molecule has 0 nitrogen and oxygen atoms in total. The molecular formula is C17H17BrClF. The zero-order chi connectivity index (χ0) is 14.5. The Labute approximate surface area is 133 Å². The second-order valence-corrected chi connectivity index (χ2v) is 6.25. The Morgan fingerprint density at radius 3 is 2.45 bits per heavy atom. The van der Waals surface area contributed by atoms with Crippen LogP contribution in [-0.4, -0.2) is 5.88 Å². The summed E-state index contributed by atoms with van der Waals surface area (Å²) < 4.78 is 14.3. The molecule has 0 aliphatic heterocycles. The van der Waals surface area contributed by atoms with Crippen LogP contribution in [0.2, 0.25) is 0 Å². The maximum absolute atomic E-state index is 13.1. The van der Waals surface area contributed by atoms with Crippen molar-refractivity contribution in [2.45, 2.75) is 19.8 Å². The van der Waals surface area contributed by atoms with E-state index in [0.29, 0.717) is 11.8 Å². The monoisotopic (exact) mass is 354 g/mol. The minimum absolute atomic E-state index is 0.181. The van der Waals surface area contributed by atoms with Gasteiger partial charge in [0.1, 0.15) is 5.82 Å². The van der Waals surface area contributed by atoms with Crippen LogP contribution in [0.15, 0.2) is 46.9 Å². The van der Waals surface area contributed by atoms with Gasteiger partial charge in [0.15, 0.2) is 0 Å². The first-order valence-corrected chi connectivity index (χ1v) is 7.97. The normalized spacial score (nSPS) is 12.4. The average Bonchev–Trinajstić information content (AvgIpc) is 2.43. The van der Waals surface area contributed by atoms with Crippen molar-refractivity contribution in [1.29, 1.82) is 0 Å². The van der Waals surface area contributed by atoms with Gasteiger partial charge in [-0.3, -0.25) is 0 Å². The number of hydrogen-bond acceptors (Lipinski definition) is 0. The highest BCUT2D eigenvalue weighted by atomic mass is 79.9. The highest BCUT2D eigenvalue weighted by Crippen LogP contribution is 2.23. The zero-order valence-electron chi connectivity index (χ0n) is 11.4. The summed E-state index contributed by atoms with van der Waals surface area (Å²) in [5, 5.41) is 0. The van der Waals surface area contributed by atoms with E-state index in [1.807, 2.05) is 31.2 Å². The fraction of sp³-hybridized carbons (Fsp3) is 0.294. The van der Waals surface area contributed by atoms with Crippen molar-refractivity contribution in [3.63, 3.8) is 0 Å². The molecule has 20 heavy (non-hydrogen) atoms. The molecule has 2 rings (SSSR count). The van der Waals surface area contributed by atoms with Crippen LogP contribution in [0.25, 0.3) is 0 Å². The minimum Gasteiger partial charge on any atom is -0.207 e. The van der Waals surface area contributed by atoms with E-state index in [9.17, 15) is 4.39 Å². The molecule has 0 radical (unpaired) electrons. The van der Waals surface area contributed by atoms with Crippen LogP contribution >= 0.6 is 27.5 Å². The predicted molar refractivity (Wildman–Crippen MR) is 86.9 cm³/mol. The lowest BCUT2D eigenvalue weighted by Crippen LogP contribution is -2.11. The Morgan fingerprint density at radius 1 is 1.10 bits per heavy atom. The Balaban J connectivity index is 2.11. The van der Waals surface area contributed by atoms with Crippen LogP contribution in [0.4, 0.5) is 4.39 Å². The number of rotatable bonds is 5. The minimum atomic E-state index is -0.181. The zero-order valence-corrected chi connectivity index (χ0v) is 13.7. The quantitative estimate of drug-likeness (QED) is 0.618. The van der Waals surface area contributed by atoms with Gasteiger partial charge in [0.2, 0.25) is 0 Å². The first-order chi connectivity index (χ1) is 9.60. The number of alkyl halides is 1. The maximum atomic E-state index is 13.1. The van der Waals surface area contributed by atoms with Crippen LogP contribution in [0.3, 0.4) is 0 Å². The summed E-state index contributed by atoms with van der Waals surface area (Å²) in [7, 11) is 0. The molecule has 0 N–H and O–H groups in total. The Hall–Kier alpha value is -0.860. The van der Waals surface area contributed by atoms with E-state index in [1.165, 1.54) is 17.2 Å². The molecule has 2 aromatic carbocycles.